The number of hydrogen-bond acceptors (Lipinski definition) is 3. The number of carboxylic acid groups (broad SMARTS) is 1. The second-order valence-electron chi connectivity index (χ2n) is 5.66. The Morgan fingerprint density at radius 3 is 2.61 bits per heavy atom. The Balaban J connectivity index is 1.74. The minimum Gasteiger partial charge on any atom is -0.480 e. The minimum atomic E-state index is -0.935. The molecule has 6 heteroatoms. The molecule has 1 aliphatic rings. The summed E-state index contributed by atoms with van der Waals surface area (Å²) in [4.78, 5) is 36.7. The Labute approximate surface area is 135 Å². The third-order valence-corrected chi connectivity index (χ3v) is 4.00. The van der Waals surface area contributed by atoms with Crippen molar-refractivity contribution in [3.05, 3.63) is 35.9 Å². The predicted octanol–water partition coefficient (Wildman–Crippen LogP) is 1.66. The minimum absolute atomic E-state index is 0.147. The highest BCUT2D eigenvalue weighted by molar-refractivity contribution is 5.94. The first kappa shape index (κ1) is 17.0. The van der Waals surface area contributed by atoms with Crippen molar-refractivity contribution in [3.63, 3.8) is 0 Å². The molecule has 1 fully saturated rings. The number of likely N-dealkylation sites (tertiary alicyclic amines) is 1. The second-order valence-corrected chi connectivity index (χ2v) is 5.66. The molecule has 0 radical (unpaired) electrons. The van der Waals surface area contributed by atoms with Crippen LogP contribution in [0.1, 0.15) is 42.5 Å². The Kier molecular flexibility index (Phi) is 6.14. The van der Waals surface area contributed by atoms with Crippen molar-refractivity contribution in [1.29, 1.82) is 0 Å². The van der Waals surface area contributed by atoms with Gasteiger partial charge < -0.3 is 15.3 Å². The van der Waals surface area contributed by atoms with Crippen LogP contribution in [-0.2, 0) is 9.59 Å². The molecule has 1 aliphatic heterocycles. The highest BCUT2D eigenvalue weighted by Crippen LogP contribution is 2.18. The van der Waals surface area contributed by atoms with Gasteiger partial charge in [0.2, 0.25) is 5.91 Å². The van der Waals surface area contributed by atoms with Crippen molar-refractivity contribution in [1.82, 2.24) is 10.2 Å². The highest BCUT2D eigenvalue weighted by atomic mass is 16.4. The van der Waals surface area contributed by atoms with E-state index in [1.54, 1.807) is 24.3 Å². The summed E-state index contributed by atoms with van der Waals surface area (Å²) in [5.41, 5.74) is 0.584. The molecular weight excluding hydrogens is 296 g/mol. The second kappa shape index (κ2) is 8.31. The Bertz CT molecular complexity index is 559. The van der Waals surface area contributed by atoms with E-state index in [1.807, 2.05) is 6.07 Å². The lowest BCUT2D eigenvalue weighted by Crippen LogP contribution is -2.48. The normalized spacial score (nSPS) is 17.6. The number of rotatable bonds is 6. The Morgan fingerprint density at radius 1 is 1.17 bits per heavy atom. The van der Waals surface area contributed by atoms with Gasteiger partial charge in [-0.3, -0.25) is 9.59 Å². The van der Waals surface area contributed by atoms with E-state index in [9.17, 15) is 19.5 Å². The van der Waals surface area contributed by atoms with Crippen LogP contribution in [0.3, 0.4) is 0 Å². The maximum Gasteiger partial charge on any atom is 0.326 e. The lowest BCUT2D eigenvalue weighted by Gasteiger charge is -2.33. The largest absolute Gasteiger partial charge is 0.480 e. The van der Waals surface area contributed by atoms with Gasteiger partial charge in [0.25, 0.3) is 5.91 Å². The maximum absolute atomic E-state index is 12.2. The zero-order chi connectivity index (χ0) is 16.7. The molecule has 1 aromatic carbocycles. The van der Waals surface area contributed by atoms with Gasteiger partial charge in [-0.2, -0.15) is 0 Å². The standard InChI is InChI=1S/C17H22N2O4/c20-15(19-12-5-4-9-14(19)17(22)23)10-6-11-18-16(21)13-7-2-1-3-8-13/h1-3,7-8,14H,4-6,9-12H2,(H,18,21)(H,22,23)/t14-/m1/s1. The summed E-state index contributed by atoms with van der Waals surface area (Å²) in [6.45, 7) is 0.900. The van der Waals surface area contributed by atoms with Crippen LogP contribution in [0.2, 0.25) is 0 Å². The first-order valence-corrected chi connectivity index (χ1v) is 7.95. The van der Waals surface area contributed by atoms with E-state index in [0.29, 0.717) is 31.5 Å². The monoisotopic (exact) mass is 318 g/mol. The number of aliphatic carboxylic acids is 1. The highest BCUT2D eigenvalue weighted by Gasteiger charge is 2.31. The van der Waals surface area contributed by atoms with Gasteiger partial charge in [-0.25, -0.2) is 4.79 Å². The summed E-state index contributed by atoms with van der Waals surface area (Å²) in [5, 5.41) is 11.9. The van der Waals surface area contributed by atoms with Crippen LogP contribution in [0.25, 0.3) is 0 Å². The summed E-state index contributed by atoms with van der Waals surface area (Å²) in [7, 11) is 0. The zero-order valence-corrected chi connectivity index (χ0v) is 13.0. The van der Waals surface area contributed by atoms with Crippen LogP contribution >= 0.6 is 0 Å². The maximum atomic E-state index is 12.2. The molecule has 0 aliphatic carbocycles. The molecule has 1 saturated heterocycles. The summed E-state index contributed by atoms with van der Waals surface area (Å²) in [6.07, 6.45) is 2.96. The van der Waals surface area contributed by atoms with E-state index in [2.05, 4.69) is 5.32 Å². The molecule has 1 heterocycles. The molecule has 2 amide bonds. The number of hydrogen-bond donors (Lipinski definition) is 2. The number of piperidine rings is 1. The number of carbonyl (C=O) groups excluding carboxylic acids is 2. The Hall–Kier alpha value is -2.37. The fourth-order valence-electron chi connectivity index (χ4n) is 2.76. The molecule has 0 bridgehead atoms. The molecular formula is C17H22N2O4. The number of amides is 2. The van der Waals surface area contributed by atoms with Crippen molar-refractivity contribution in [2.24, 2.45) is 0 Å². The van der Waals surface area contributed by atoms with Gasteiger partial charge in [-0.15, -0.1) is 0 Å². The van der Waals surface area contributed by atoms with Crippen LogP contribution in [0.5, 0.6) is 0 Å². The van der Waals surface area contributed by atoms with Crippen molar-refractivity contribution in [3.8, 4) is 0 Å². The van der Waals surface area contributed by atoms with Gasteiger partial charge in [0, 0.05) is 25.1 Å². The lowest BCUT2D eigenvalue weighted by atomic mass is 10.0. The third-order valence-electron chi connectivity index (χ3n) is 4.00. The lowest BCUT2D eigenvalue weighted by molar-refractivity contribution is -0.152. The summed E-state index contributed by atoms with van der Waals surface area (Å²) < 4.78 is 0. The number of nitrogens with zero attached hydrogens (tertiary/aromatic N) is 1. The fraction of sp³-hybridized carbons (Fsp3) is 0.471. The van der Waals surface area contributed by atoms with E-state index in [-0.39, 0.29) is 18.2 Å². The van der Waals surface area contributed by atoms with Gasteiger partial charge in [-0.05, 0) is 37.8 Å². The topological polar surface area (TPSA) is 86.7 Å². The van der Waals surface area contributed by atoms with Gasteiger partial charge >= 0.3 is 5.97 Å². The van der Waals surface area contributed by atoms with E-state index < -0.39 is 12.0 Å². The van der Waals surface area contributed by atoms with Gasteiger partial charge in [0.05, 0.1) is 0 Å². The number of benzene rings is 1. The Morgan fingerprint density at radius 2 is 1.91 bits per heavy atom. The smallest absolute Gasteiger partial charge is 0.326 e. The SMILES string of the molecule is O=C(NCCCC(=O)N1CCCC[C@@H]1C(=O)O)c1ccccc1. The average molecular weight is 318 g/mol. The summed E-state index contributed by atoms with van der Waals surface area (Å²) in [5.74, 6) is -1.25. The number of nitrogens with one attached hydrogen (secondary N) is 1. The number of carboxylic acids is 1. The predicted molar refractivity (Wildman–Crippen MR) is 85.0 cm³/mol. The van der Waals surface area contributed by atoms with Crippen molar-refractivity contribution < 1.29 is 19.5 Å². The number of carbonyl (C=O) groups is 3. The molecule has 23 heavy (non-hydrogen) atoms. The van der Waals surface area contributed by atoms with Gasteiger partial charge in [0.15, 0.2) is 0 Å². The molecule has 2 rings (SSSR count). The van der Waals surface area contributed by atoms with Crippen LogP contribution in [-0.4, -0.2) is 46.9 Å². The third kappa shape index (κ3) is 4.81. The molecule has 6 nitrogen and oxygen atoms in total. The van der Waals surface area contributed by atoms with Crippen LogP contribution in [0.15, 0.2) is 30.3 Å². The van der Waals surface area contributed by atoms with E-state index in [0.717, 1.165) is 12.8 Å². The van der Waals surface area contributed by atoms with E-state index in [4.69, 9.17) is 0 Å². The molecule has 0 aromatic heterocycles. The van der Waals surface area contributed by atoms with Gasteiger partial charge in [-0.1, -0.05) is 18.2 Å². The molecule has 1 atom stereocenters. The van der Waals surface area contributed by atoms with Crippen LogP contribution in [0.4, 0.5) is 0 Å². The average Bonchev–Trinajstić information content (AvgIpc) is 2.59. The molecule has 0 unspecified atom stereocenters. The van der Waals surface area contributed by atoms with Crippen LogP contribution in [0, 0.1) is 0 Å². The van der Waals surface area contributed by atoms with Crippen molar-refractivity contribution in [2.45, 2.75) is 38.1 Å². The molecule has 1 aromatic rings. The molecule has 0 saturated carbocycles. The van der Waals surface area contributed by atoms with E-state index >= 15 is 0 Å². The summed E-state index contributed by atoms with van der Waals surface area (Å²) in [6, 6.07) is 8.18. The zero-order valence-electron chi connectivity index (χ0n) is 13.0. The fourth-order valence-corrected chi connectivity index (χ4v) is 2.76. The summed E-state index contributed by atoms with van der Waals surface area (Å²) >= 11 is 0. The first-order valence-electron chi connectivity index (χ1n) is 7.95. The van der Waals surface area contributed by atoms with E-state index in [1.165, 1.54) is 4.90 Å². The first-order chi connectivity index (χ1) is 11.1. The molecule has 124 valence electrons. The van der Waals surface area contributed by atoms with Crippen molar-refractivity contribution in [2.75, 3.05) is 13.1 Å². The van der Waals surface area contributed by atoms with Gasteiger partial charge in [0.1, 0.15) is 6.04 Å². The quantitative estimate of drug-likeness (QED) is 0.781. The van der Waals surface area contributed by atoms with Crippen molar-refractivity contribution >= 4 is 17.8 Å². The molecule has 0 spiro atoms. The van der Waals surface area contributed by atoms with Crippen LogP contribution < -0.4 is 5.32 Å². The molecule has 2 N–H and O–H groups in total.